The topological polar surface area (TPSA) is 61.4 Å². The number of carbonyl (C=O) groups is 1. The quantitative estimate of drug-likeness (QED) is 0.758. The minimum atomic E-state index is -0.0482. The molecule has 0 aliphatic carbocycles. The molecule has 0 aromatic heterocycles. The third-order valence-electron chi connectivity index (χ3n) is 3.14. The zero-order valence-corrected chi connectivity index (χ0v) is 10.9. The number of anilines is 1. The van der Waals surface area contributed by atoms with Gasteiger partial charge < -0.3 is 15.7 Å². The van der Waals surface area contributed by atoms with Crippen LogP contribution in [0.25, 0.3) is 0 Å². The maximum Gasteiger partial charge on any atom is 0.224 e. The summed E-state index contributed by atoms with van der Waals surface area (Å²) in [5, 5.41) is 15.6. The lowest BCUT2D eigenvalue weighted by molar-refractivity contribution is -0.116. The number of benzene rings is 1. The molecule has 0 bridgehead atoms. The van der Waals surface area contributed by atoms with Gasteiger partial charge in [-0.25, -0.2) is 0 Å². The summed E-state index contributed by atoms with van der Waals surface area (Å²) < 4.78 is 0. The van der Waals surface area contributed by atoms with Crippen LogP contribution in [0.3, 0.4) is 0 Å². The molecular formula is C14H20N2O2. The Morgan fingerprint density at radius 3 is 2.83 bits per heavy atom. The van der Waals surface area contributed by atoms with E-state index in [0.29, 0.717) is 12.5 Å². The number of hydrogen-bond acceptors (Lipinski definition) is 3. The monoisotopic (exact) mass is 248 g/mol. The van der Waals surface area contributed by atoms with Crippen LogP contribution in [0, 0.1) is 0 Å². The van der Waals surface area contributed by atoms with Gasteiger partial charge in [-0.3, -0.25) is 4.79 Å². The molecule has 0 radical (unpaired) electrons. The number of rotatable bonds is 4. The molecule has 1 unspecified atom stereocenters. The average molecular weight is 248 g/mol. The first-order chi connectivity index (χ1) is 8.60. The second kappa shape index (κ2) is 5.50. The van der Waals surface area contributed by atoms with E-state index in [1.54, 1.807) is 0 Å². The molecule has 1 aromatic rings. The molecule has 3 N–H and O–H groups in total. The standard InChI is InChI=1S/C14H20N2O2/c1-9(2)15-13(8-17)11-3-5-12-10(7-11)4-6-14(18)16-12/h3,5,7,9,13,15,17H,4,6,8H2,1-2H3,(H,16,18). The van der Waals surface area contributed by atoms with Crippen LogP contribution in [0.2, 0.25) is 0 Å². The molecule has 0 saturated heterocycles. The lowest BCUT2D eigenvalue weighted by Crippen LogP contribution is -2.30. The van der Waals surface area contributed by atoms with E-state index in [4.69, 9.17) is 0 Å². The summed E-state index contributed by atoms with van der Waals surface area (Å²) in [6.07, 6.45) is 1.31. The van der Waals surface area contributed by atoms with Gasteiger partial charge in [-0.15, -0.1) is 0 Å². The minimum Gasteiger partial charge on any atom is -0.394 e. The van der Waals surface area contributed by atoms with E-state index < -0.39 is 0 Å². The Kier molecular flexibility index (Phi) is 3.99. The maximum atomic E-state index is 11.3. The third-order valence-corrected chi connectivity index (χ3v) is 3.14. The molecule has 18 heavy (non-hydrogen) atoms. The summed E-state index contributed by atoms with van der Waals surface area (Å²) in [4.78, 5) is 11.3. The first-order valence-electron chi connectivity index (χ1n) is 6.39. The van der Waals surface area contributed by atoms with Crippen LogP contribution in [0.15, 0.2) is 18.2 Å². The number of fused-ring (bicyclic) bond motifs is 1. The van der Waals surface area contributed by atoms with Crippen LogP contribution < -0.4 is 10.6 Å². The van der Waals surface area contributed by atoms with Gasteiger partial charge in [0, 0.05) is 18.2 Å². The molecule has 1 amide bonds. The number of amides is 1. The SMILES string of the molecule is CC(C)NC(CO)c1ccc2c(c1)CCC(=O)N2. The van der Waals surface area contributed by atoms with Crippen LogP contribution in [0.4, 0.5) is 5.69 Å². The van der Waals surface area contributed by atoms with Gasteiger partial charge in [0.05, 0.1) is 12.6 Å². The minimum absolute atomic E-state index is 0.0482. The van der Waals surface area contributed by atoms with Crippen molar-refractivity contribution < 1.29 is 9.90 Å². The zero-order chi connectivity index (χ0) is 13.1. The second-order valence-electron chi connectivity index (χ2n) is 5.02. The lowest BCUT2D eigenvalue weighted by atomic mass is 9.97. The highest BCUT2D eigenvalue weighted by atomic mass is 16.3. The van der Waals surface area contributed by atoms with Gasteiger partial charge in [0.15, 0.2) is 0 Å². The summed E-state index contributed by atoms with van der Waals surface area (Å²) in [6.45, 7) is 4.19. The highest BCUT2D eigenvalue weighted by molar-refractivity contribution is 5.93. The summed E-state index contributed by atoms with van der Waals surface area (Å²) in [6, 6.07) is 6.23. The van der Waals surface area contributed by atoms with E-state index >= 15 is 0 Å². The van der Waals surface area contributed by atoms with Crippen LogP contribution in [-0.4, -0.2) is 23.7 Å². The molecule has 98 valence electrons. The fourth-order valence-electron chi connectivity index (χ4n) is 2.28. The van der Waals surface area contributed by atoms with Gasteiger partial charge in [0.2, 0.25) is 5.91 Å². The molecule has 2 rings (SSSR count). The van der Waals surface area contributed by atoms with Gasteiger partial charge in [-0.1, -0.05) is 26.0 Å². The Morgan fingerprint density at radius 2 is 2.17 bits per heavy atom. The van der Waals surface area contributed by atoms with Crippen LogP contribution in [0.5, 0.6) is 0 Å². The van der Waals surface area contributed by atoms with Crippen LogP contribution in [-0.2, 0) is 11.2 Å². The van der Waals surface area contributed by atoms with Crippen molar-refractivity contribution in [1.82, 2.24) is 5.32 Å². The molecule has 1 heterocycles. The molecule has 0 spiro atoms. The Hall–Kier alpha value is -1.39. The van der Waals surface area contributed by atoms with Crippen molar-refractivity contribution in [1.29, 1.82) is 0 Å². The normalized spacial score (nSPS) is 16.3. The fourth-order valence-corrected chi connectivity index (χ4v) is 2.28. The molecule has 1 atom stereocenters. The Bertz CT molecular complexity index is 443. The molecule has 4 nitrogen and oxygen atoms in total. The van der Waals surface area contributed by atoms with Crippen LogP contribution in [0.1, 0.15) is 37.4 Å². The number of aryl methyl sites for hydroxylation is 1. The van der Waals surface area contributed by atoms with Gasteiger partial charge >= 0.3 is 0 Å². The van der Waals surface area contributed by atoms with Gasteiger partial charge in [0.1, 0.15) is 0 Å². The lowest BCUT2D eigenvalue weighted by Gasteiger charge is -2.23. The van der Waals surface area contributed by atoms with Crippen molar-refractivity contribution >= 4 is 11.6 Å². The van der Waals surface area contributed by atoms with E-state index in [1.807, 2.05) is 12.1 Å². The Morgan fingerprint density at radius 1 is 1.39 bits per heavy atom. The largest absolute Gasteiger partial charge is 0.394 e. The number of nitrogens with one attached hydrogen (secondary N) is 2. The molecule has 1 aromatic carbocycles. The van der Waals surface area contributed by atoms with Gasteiger partial charge in [0.25, 0.3) is 0 Å². The molecule has 1 aliphatic rings. The smallest absolute Gasteiger partial charge is 0.224 e. The molecular weight excluding hydrogens is 228 g/mol. The second-order valence-corrected chi connectivity index (χ2v) is 5.02. The molecule has 1 aliphatic heterocycles. The van der Waals surface area contributed by atoms with Crippen molar-refractivity contribution in [3.63, 3.8) is 0 Å². The van der Waals surface area contributed by atoms with Gasteiger partial charge in [-0.05, 0) is 23.6 Å². The first kappa shape index (κ1) is 13.1. The van der Waals surface area contributed by atoms with Crippen LogP contribution >= 0.6 is 0 Å². The number of aliphatic hydroxyl groups is 1. The highest BCUT2D eigenvalue weighted by Crippen LogP contribution is 2.26. The summed E-state index contributed by atoms with van der Waals surface area (Å²) in [5.74, 6) is 0.0780. The zero-order valence-electron chi connectivity index (χ0n) is 10.9. The van der Waals surface area contributed by atoms with Crippen molar-refractivity contribution in [2.75, 3.05) is 11.9 Å². The number of hydrogen-bond donors (Lipinski definition) is 3. The number of aliphatic hydroxyl groups excluding tert-OH is 1. The maximum absolute atomic E-state index is 11.3. The highest BCUT2D eigenvalue weighted by Gasteiger charge is 2.17. The van der Waals surface area contributed by atoms with Crippen molar-refractivity contribution in [2.45, 2.75) is 38.8 Å². The molecule has 4 heteroatoms. The summed E-state index contributed by atoms with van der Waals surface area (Å²) in [5.41, 5.74) is 3.12. The van der Waals surface area contributed by atoms with E-state index in [-0.39, 0.29) is 18.6 Å². The number of carbonyl (C=O) groups excluding carboxylic acids is 1. The predicted molar refractivity (Wildman–Crippen MR) is 71.5 cm³/mol. The van der Waals surface area contributed by atoms with E-state index in [9.17, 15) is 9.90 Å². The third kappa shape index (κ3) is 2.89. The molecule has 0 fully saturated rings. The van der Waals surface area contributed by atoms with Crippen molar-refractivity contribution in [2.24, 2.45) is 0 Å². The summed E-state index contributed by atoms with van der Waals surface area (Å²) in [7, 11) is 0. The Balaban J connectivity index is 2.22. The van der Waals surface area contributed by atoms with E-state index in [0.717, 1.165) is 23.2 Å². The van der Waals surface area contributed by atoms with E-state index in [1.165, 1.54) is 0 Å². The predicted octanol–water partition coefficient (Wildman–Crippen LogP) is 1.60. The van der Waals surface area contributed by atoms with Crippen molar-refractivity contribution in [3.05, 3.63) is 29.3 Å². The fraction of sp³-hybridized carbons (Fsp3) is 0.500. The summed E-state index contributed by atoms with van der Waals surface area (Å²) >= 11 is 0. The van der Waals surface area contributed by atoms with Gasteiger partial charge in [-0.2, -0.15) is 0 Å². The van der Waals surface area contributed by atoms with E-state index in [2.05, 4.69) is 30.5 Å². The average Bonchev–Trinajstić information content (AvgIpc) is 2.35. The molecule has 0 saturated carbocycles. The Labute approximate surface area is 107 Å². The first-order valence-corrected chi connectivity index (χ1v) is 6.39. The van der Waals surface area contributed by atoms with Crippen molar-refractivity contribution in [3.8, 4) is 0 Å².